The van der Waals surface area contributed by atoms with Crippen molar-refractivity contribution in [2.75, 3.05) is 11.1 Å². The van der Waals surface area contributed by atoms with Crippen molar-refractivity contribution in [2.24, 2.45) is 7.05 Å². The summed E-state index contributed by atoms with van der Waals surface area (Å²) in [5, 5.41) is 12.4. The molecule has 0 unspecified atom stereocenters. The number of carbonyl (C=O) groups excluding carboxylic acids is 1. The molecule has 6 nitrogen and oxygen atoms in total. The molecule has 0 aliphatic rings. The maximum absolute atomic E-state index is 12.3. The minimum absolute atomic E-state index is 0.0904. The Morgan fingerprint density at radius 1 is 1.10 bits per heavy atom. The molecule has 2 aromatic carbocycles. The van der Waals surface area contributed by atoms with Gasteiger partial charge in [0.05, 0.1) is 10.8 Å². The van der Waals surface area contributed by atoms with Crippen LogP contribution in [0.5, 0.6) is 5.75 Å². The highest BCUT2D eigenvalue weighted by atomic mass is 35.5. The van der Waals surface area contributed by atoms with Crippen LogP contribution >= 0.6 is 23.4 Å². The highest BCUT2D eigenvalue weighted by Crippen LogP contribution is 2.26. The zero-order chi connectivity index (χ0) is 21.0. The number of nitrogens with one attached hydrogen (secondary N) is 1. The zero-order valence-corrected chi connectivity index (χ0v) is 18.4. The van der Waals surface area contributed by atoms with Gasteiger partial charge in [0.25, 0.3) is 0 Å². The van der Waals surface area contributed by atoms with Crippen molar-refractivity contribution < 1.29 is 9.53 Å². The van der Waals surface area contributed by atoms with Crippen LogP contribution in [0, 0.1) is 20.8 Å². The lowest BCUT2D eigenvalue weighted by atomic mass is 10.1. The van der Waals surface area contributed by atoms with E-state index in [0.29, 0.717) is 21.8 Å². The van der Waals surface area contributed by atoms with Crippen molar-refractivity contribution in [3.05, 3.63) is 63.9 Å². The van der Waals surface area contributed by atoms with Crippen molar-refractivity contribution in [1.82, 2.24) is 14.8 Å². The van der Waals surface area contributed by atoms with Crippen LogP contribution < -0.4 is 10.1 Å². The molecule has 152 valence electrons. The summed E-state index contributed by atoms with van der Waals surface area (Å²) in [7, 11) is 1.85. The van der Waals surface area contributed by atoms with Gasteiger partial charge in [0, 0.05) is 12.7 Å². The SMILES string of the molecule is Cc1cc(C)cc(NC(=O)CSc2nnc(COc3cc(C)ccc3Cl)n2C)c1. The lowest BCUT2D eigenvalue weighted by Gasteiger charge is -2.09. The first-order valence-electron chi connectivity index (χ1n) is 9.10. The molecule has 3 aromatic rings. The molecule has 1 N–H and O–H groups in total. The van der Waals surface area contributed by atoms with E-state index in [-0.39, 0.29) is 18.3 Å². The third-order valence-electron chi connectivity index (χ3n) is 4.21. The second-order valence-electron chi connectivity index (χ2n) is 6.89. The van der Waals surface area contributed by atoms with Crippen LogP contribution in [0.15, 0.2) is 41.6 Å². The molecule has 0 spiro atoms. The van der Waals surface area contributed by atoms with E-state index in [4.69, 9.17) is 16.3 Å². The number of hydrogen-bond acceptors (Lipinski definition) is 5. The maximum atomic E-state index is 12.3. The normalized spacial score (nSPS) is 10.8. The summed E-state index contributed by atoms with van der Waals surface area (Å²) in [6, 6.07) is 11.6. The number of carbonyl (C=O) groups is 1. The smallest absolute Gasteiger partial charge is 0.234 e. The van der Waals surface area contributed by atoms with Crippen LogP contribution in [0.2, 0.25) is 5.02 Å². The first-order valence-corrected chi connectivity index (χ1v) is 10.5. The average molecular weight is 431 g/mol. The quantitative estimate of drug-likeness (QED) is 0.550. The number of aryl methyl sites for hydroxylation is 3. The number of hydrogen-bond donors (Lipinski definition) is 1. The number of rotatable bonds is 7. The van der Waals surface area contributed by atoms with E-state index < -0.39 is 0 Å². The molecule has 0 aliphatic heterocycles. The van der Waals surface area contributed by atoms with Crippen molar-refractivity contribution in [3.63, 3.8) is 0 Å². The standard InChI is InChI=1S/C21H23ClN4O2S/c1-13-5-6-17(22)18(10-13)28-11-19-24-25-21(26(19)4)29-12-20(27)23-16-8-14(2)7-15(3)9-16/h5-10H,11-12H2,1-4H3,(H,23,27). The van der Waals surface area contributed by atoms with E-state index in [2.05, 4.69) is 21.6 Å². The van der Waals surface area contributed by atoms with E-state index in [1.165, 1.54) is 11.8 Å². The number of amides is 1. The summed E-state index contributed by atoms with van der Waals surface area (Å²) in [6.45, 7) is 6.22. The van der Waals surface area contributed by atoms with E-state index in [1.54, 1.807) is 6.07 Å². The first kappa shape index (κ1) is 21.2. The lowest BCUT2D eigenvalue weighted by Crippen LogP contribution is -2.14. The minimum Gasteiger partial charge on any atom is -0.484 e. The number of halogens is 1. The van der Waals surface area contributed by atoms with Crippen molar-refractivity contribution in [3.8, 4) is 5.75 Å². The van der Waals surface area contributed by atoms with Gasteiger partial charge in [-0.3, -0.25) is 4.79 Å². The van der Waals surface area contributed by atoms with Gasteiger partial charge in [0.1, 0.15) is 12.4 Å². The van der Waals surface area contributed by atoms with Crippen molar-refractivity contribution in [2.45, 2.75) is 32.5 Å². The predicted molar refractivity (Wildman–Crippen MR) is 117 cm³/mol. The van der Waals surface area contributed by atoms with Gasteiger partial charge >= 0.3 is 0 Å². The fourth-order valence-corrected chi connectivity index (χ4v) is 3.74. The van der Waals surface area contributed by atoms with Crippen LogP contribution in [0.25, 0.3) is 0 Å². The molecule has 1 amide bonds. The molecule has 1 heterocycles. The molecule has 0 fully saturated rings. The Labute approximate surface area is 179 Å². The second-order valence-corrected chi connectivity index (χ2v) is 8.24. The Balaban J connectivity index is 1.56. The molecular weight excluding hydrogens is 408 g/mol. The van der Waals surface area contributed by atoms with Crippen LogP contribution in [0.3, 0.4) is 0 Å². The zero-order valence-electron chi connectivity index (χ0n) is 16.8. The summed E-state index contributed by atoms with van der Waals surface area (Å²) in [5.74, 6) is 1.41. The molecule has 0 atom stereocenters. The van der Waals surface area contributed by atoms with Gasteiger partial charge < -0.3 is 14.6 Å². The van der Waals surface area contributed by atoms with Crippen molar-refractivity contribution >= 4 is 35.0 Å². The van der Waals surface area contributed by atoms with Crippen LogP contribution in [0.1, 0.15) is 22.5 Å². The van der Waals surface area contributed by atoms with Gasteiger partial charge in [-0.05, 0) is 61.7 Å². The van der Waals surface area contributed by atoms with E-state index in [1.807, 2.05) is 56.7 Å². The molecule has 29 heavy (non-hydrogen) atoms. The molecule has 0 aliphatic carbocycles. The second kappa shape index (κ2) is 9.33. The Morgan fingerprint density at radius 3 is 2.55 bits per heavy atom. The first-order chi connectivity index (χ1) is 13.8. The maximum Gasteiger partial charge on any atom is 0.234 e. The molecule has 1 aromatic heterocycles. The molecule has 0 bridgehead atoms. The molecule has 0 saturated carbocycles. The van der Waals surface area contributed by atoms with Gasteiger partial charge in [-0.1, -0.05) is 35.5 Å². The Hall–Kier alpha value is -2.51. The fraction of sp³-hybridized carbons (Fsp3) is 0.286. The van der Waals surface area contributed by atoms with Gasteiger partial charge in [-0.2, -0.15) is 0 Å². The number of thioether (sulfide) groups is 1. The van der Waals surface area contributed by atoms with Crippen LogP contribution in [-0.4, -0.2) is 26.4 Å². The predicted octanol–water partition coefficient (Wildman–Crippen LogP) is 4.70. The Bertz CT molecular complexity index is 1020. The number of ether oxygens (including phenoxy) is 1. The summed E-state index contributed by atoms with van der Waals surface area (Å²) in [4.78, 5) is 12.3. The lowest BCUT2D eigenvalue weighted by molar-refractivity contribution is -0.113. The highest BCUT2D eigenvalue weighted by molar-refractivity contribution is 7.99. The number of benzene rings is 2. The van der Waals surface area contributed by atoms with Crippen LogP contribution in [0.4, 0.5) is 5.69 Å². The topological polar surface area (TPSA) is 69.0 Å². The average Bonchev–Trinajstić information content (AvgIpc) is 2.99. The molecule has 0 saturated heterocycles. The number of anilines is 1. The largest absolute Gasteiger partial charge is 0.484 e. The van der Waals surface area contributed by atoms with E-state index in [9.17, 15) is 4.79 Å². The number of nitrogens with zero attached hydrogens (tertiary/aromatic N) is 3. The molecule has 0 radical (unpaired) electrons. The third-order valence-corrected chi connectivity index (χ3v) is 5.54. The fourth-order valence-electron chi connectivity index (χ4n) is 2.83. The van der Waals surface area contributed by atoms with Gasteiger partial charge in [-0.15, -0.1) is 10.2 Å². The molecular formula is C21H23ClN4O2S. The molecule has 8 heteroatoms. The third kappa shape index (κ3) is 5.74. The summed E-state index contributed by atoms with van der Waals surface area (Å²) in [6.07, 6.45) is 0. The Kier molecular flexibility index (Phi) is 6.82. The van der Waals surface area contributed by atoms with E-state index >= 15 is 0 Å². The van der Waals surface area contributed by atoms with Gasteiger partial charge in [-0.25, -0.2) is 0 Å². The van der Waals surface area contributed by atoms with E-state index in [0.717, 1.165) is 22.4 Å². The minimum atomic E-state index is -0.0904. The van der Waals surface area contributed by atoms with Gasteiger partial charge in [0.15, 0.2) is 11.0 Å². The molecule has 3 rings (SSSR count). The monoisotopic (exact) mass is 430 g/mol. The highest BCUT2D eigenvalue weighted by Gasteiger charge is 2.13. The summed E-state index contributed by atoms with van der Waals surface area (Å²) < 4.78 is 7.60. The van der Waals surface area contributed by atoms with Gasteiger partial charge in [0.2, 0.25) is 5.91 Å². The number of aromatic nitrogens is 3. The Morgan fingerprint density at radius 2 is 1.83 bits per heavy atom. The van der Waals surface area contributed by atoms with Crippen LogP contribution in [-0.2, 0) is 18.4 Å². The van der Waals surface area contributed by atoms with Crippen molar-refractivity contribution in [1.29, 1.82) is 0 Å². The summed E-state index contributed by atoms with van der Waals surface area (Å²) >= 11 is 7.49. The summed E-state index contributed by atoms with van der Waals surface area (Å²) in [5.41, 5.74) is 4.09.